The fourth-order valence-corrected chi connectivity index (χ4v) is 2.32. The average molecular weight is 283 g/mol. The number of primary amides is 1. The third kappa shape index (κ3) is 6.56. The predicted octanol–water partition coefficient (Wildman–Crippen LogP) is 1.64. The second kappa shape index (κ2) is 8.25. The molecule has 0 aromatic carbocycles. The van der Waals surface area contributed by atoms with Crippen molar-refractivity contribution in [1.82, 2.24) is 5.43 Å². The summed E-state index contributed by atoms with van der Waals surface area (Å²) in [7, 11) is 0. The molecule has 0 fully saturated rings. The summed E-state index contributed by atoms with van der Waals surface area (Å²) >= 11 is 1.56. The topological polar surface area (TPSA) is 93.8 Å². The second-order valence-electron chi connectivity index (χ2n) is 3.70. The maximum atomic E-state index is 11.2. The van der Waals surface area contributed by atoms with Crippen molar-refractivity contribution in [2.24, 2.45) is 10.8 Å². The number of carbonyl (C=O) groups excluding carboxylic acids is 2. The fourth-order valence-electron chi connectivity index (χ4n) is 1.40. The van der Waals surface area contributed by atoms with E-state index in [1.165, 1.54) is 6.21 Å². The maximum Gasteiger partial charge on any atom is 0.332 e. The first-order valence-electron chi connectivity index (χ1n) is 5.94. The van der Waals surface area contributed by atoms with E-state index in [-0.39, 0.29) is 5.97 Å². The summed E-state index contributed by atoms with van der Waals surface area (Å²) in [5, 5.41) is 3.67. The zero-order valence-corrected chi connectivity index (χ0v) is 11.5. The largest absolute Gasteiger partial charge is 0.466 e. The number of amides is 2. The normalized spacial score (nSPS) is 10.6. The molecule has 1 rings (SSSR count). The lowest BCUT2D eigenvalue weighted by molar-refractivity contribution is -0.143. The first-order chi connectivity index (χ1) is 9.11. The number of hydrazone groups is 1. The van der Waals surface area contributed by atoms with E-state index in [1.807, 2.05) is 12.1 Å². The van der Waals surface area contributed by atoms with Crippen LogP contribution < -0.4 is 11.2 Å². The molecule has 0 unspecified atom stereocenters. The molecule has 7 heteroatoms. The Morgan fingerprint density at radius 3 is 3.00 bits per heavy atom. The van der Waals surface area contributed by atoms with Gasteiger partial charge in [-0.15, -0.1) is 11.3 Å². The molecule has 0 bridgehead atoms. The summed E-state index contributed by atoms with van der Waals surface area (Å²) < 4.78 is 4.85. The van der Waals surface area contributed by atoms with E-state index in [4.69, 9.17) is 10.5 Å². The number of nitrogens with two attached hydrogens (primary N) is 1. The van der Waals surface area contributed by atoms with Crippen LogP contribution in [0.2, 0.25) is 0 Å². The Hall–Kier alpha value is -1.89. The summed E-state index contributed by atoms with van der Waals surface area (Å²) in [5.74, 6) is -0.161. The van der Waals surface area contributed by atoms with Crippen LogP contribution in [0.3, 0.4) is 0 Å². The van der Waals surface area contributed by atoms with Gasteiger partial charge in [0.1, 0.15) is 0 Å². The van der Waals surface area contributed by atoms with Crippen molar-refractivity contribution >= 4 is 29.6 Å². The molecule has 2 amide bonds. The van der Waals surface area contributed by atoms with Gasteiger partial charge in [0.25, 0.3) is 0 Å². The lowest BCUT2D eigenvalue weighted by atomic mass is 10.2. The minimum atomic E-state index is -0.692. The molecule has 1 aromatic heterocycles. The van der Waals surface area contributed by atoms with Gasteiger partial charge in [-0.2, -0.15) is 5.10 Å². The van der Waals surface area contributed by atoms with Gasteiger partial charge in [-0.25, -0.2) is 10.2 Å². The van der Waals surface area contributed by atoms with Crippen LogP contribution in [0.25, 0.3) is 0 Å². The number of rotatable bonds is 7. The molecule has 1 heterocycles. The van der Waals surface area contributed by atoms with Gasteiger partial charge in [0.2, 0.25) is 0 Å². The van der Waals surface area contributed by atoms with Gasteiger partial charge in [0.15, 0.2) is 0 Å². The first-order valence-corrected chi connectivity index (χ1v) is 6.76. The number of esters is 1. The molecule has 6 nitrogen and oxygen atoms in total. The molecular formula is C12H17N3O3S. The Balaban J connectivity index is 2.32. The Morgan fingerprint density at radius 2 is 2.32 bits per heavy atom. The molecule has 3 N–H and O–H groups in total. The Bertz CT molecular complexity index is 457. The van der Waals surface area contributed by atoms with Gasteiger partial charge in [-0.1, -0.05) is 0 Å². The van der Waals surface area contributed by atoms with Gasteiger partial charge in [0.05, 0.1) is 12.8 Å². The van der Waals surface area contributed by atoms with Crippen LogP contribution in [0.15, 0.2) is 17.2 Å². The summed E-state index contributed by atoms with van der Waals surface area (Å²) in [6.07, 6.45) is 3.54. The SMILES string of the molecule is CCOC(=O)CCCc1ccc(/C=N\NC(N)=O)s1. The van der Waals surface area contributed by atoms with Crippen molar-refractivity contribution in [2.45, 2.75) is 26.2 Å². The van der Waals surface area contributed by atoms with Crippen LogP contribution in [-0.4, -0.2) is 24.8 Å². The van der Waals surface area contributed by atoms with E-state index in [9.17, 15) is 9.59 Å². The van der Waals surface area contributed by atoms with Gasteiger partial charge < -0.3 is 10.5 Å². The van der Waals surface area contributed by atoms with Crippen LogP contribution in [-0.2, 0) is 16.0 Å². The molecule has 1 aromatic rings. The maximum absolute atomic E-state index is 11.2. The molecule has 0 radical (unpaired) electrons. The van der Waals surface area contributed by atoms with Crippen LogP contribution in [0.1, 0.15) is 29.5 Å². The molecule has 104 valence electrons. The first kappa shape index (κ1) is 15.2. The molecule has 0 saturated heterocycles. The summed E-state index contributed by atoms with van der Waals surface area (Å²) in [4.78, 5) is 23.6. The zero-order chi connectivity index (χ0) is 14.1. The number of nitrogens with one attached hydrogen (secondary N) is 1. The number of urea groups is 1. The highest BCUT2D eigenvalue weighted by atomic mass is 32.1. The highest BCUT2D eigenvalue weighted by Gasteiger charge is 2.03. The Labute approximate surface area is 115 Å². The van der Waals surface area contributed by atoms with E-state index in [0.717, 1.165) is 22.6 Å². The van der Waals surface area contributed by atoms with E-state index in [1.54, 1.807) is 18.3 Å². The standard InChI is InChI=1S/C12H17N3O3S/c1-2-18-11(16)5-3-4-9-6-7-10(19-9)8-14-15-12(13)17/h6-8H,2-5H2,1H3,(H3,13,15,17)/b14-8-. The van der Waals surface area contributed by atoms with Gasteiger partial charge in [0, 0.05) is 16.2 Å². The number of aryl methyl sites for hydroxylation is 1. The quantitative estimate of drug-likeness (QED) is 0.452. The Kier molecular flexibility index (Phi) is 6.59. The lowest BCUT2D eigenvalue weighted by Gasteiger charge is -2.00. The monoisotopic (exact) mass is 283 g/mol. The number of thiophene rings is 1. The van der Waals surface area contributed by atoms with E-state index >= 15 is 0 Å². The average Bonchev–Trinajstić information content (AvgIpc) is 2.77. The van der Waals surface area contributed by atoms with Crippen molar-refractivity contribution in [1.29, 1.82) is 0 Å². The highest BCUT2D eigenvalue weighted by Crippen LogP contribution is 2.17. The molecule has 0 atom stereocenters. The minimum Gasteiger partial charge on any atom is -0.466 e. The van der Waals surface area contributed by atoms with Crippen molar-refractivity contribution in [3.05, 3.63) is 21.9 Å². The summed E-state index contributed by atoms with van der Waals surface area (Å²) in [6.45, 7) is 2.22. The van der Waals surface area contributed by atoms with Crippen molar-refractivity contribution in [3.63, 3.8) is 0 Å². The molecular weight excluding hydrogens is 266 g/mol. The van der Waals surface area contributed by atoms with Crippen LogP contribution in [0, 0.1) is 0 Å². The molecule has 19 heavy (non-hydrogen) atoms. The fraction of sp³-hybridized carbons (Fsp3) is 0.417. The second-order valence-corrected chi connectivity index (χ2v) is 4.90. The molecule has 0 aliphatic carbocycles. The van der Waals surface area contributed by atoms with E-state index in [2.05, 4.69) is 10.5 Å². The third-order valence-electron chi connectivity index (χ3n) is 2.16. The molecule has 0 saturated carbocycles. The number of hydrogen-bond donors (Lipinski definition) is 2. The van der Waals surface area contributed by atoms with Crippen molar-refractivity contribution in [2.75, 3.05) is 6.61 Å². The predicted molar refractivity (Wildman–Crippen MR) is 74.2 cm³/mol. The van der Waals surface area contributed by atoms with Crippen LogP contribution in [0.5, 0.6) is 0 Å². The number of ether oxygens (including phenoxy) is 1. The third-order valence-corrected chi connectivity index (χ3v) is 3.24. The smallest absolute Gasteiger partial charge is 0.332 e. The van der Waals surface area contributed by atoms with Crippen molar-refractivity contribution < 1.29 is 14.3 Å². The van der Waals surface area contributed by atoms with Gasteiger partial charge >= 0.3 is 12.0 Å². The lowest BCUT2D eigenvalue weighted by Crippen LogP contribution is -2.24. The van der Waals surface area contributed by atoms with Gasteiger partial charge in [-0.05, 0) is 31.9 Å². The van der Waals surface area contributed by atoms with Gasteiger partial charge in [-0.3, -0.25) is 4.79 Å². The summed E-state index contributed by atoms with van der Waals surface area (Å²) in [5.41, 5.74) is 7.01. The summed E-state index contributed by atoms with van der Waals surface area (Å²) in [6, 6.07) is 3.18. The zero-order valence-electron chi connectivity index (χ0n) is 10.7. The Morgan fingerprint density at radius 1 is 1.53 bits per heavy atom. The van der Waals surface area contributed by atoms with Crippen LogP contribution in [0.4, 0.5) is 4.79 Å². The molecule has 0 spiro atoms. The molecule has 0 aliphatic heterocycles. The van der Waals surface area contributed by atoms with Crippen LogP contribution >= 0.6 is 11.3 Å². The minimum absolute atomic E-state index is 0.161. The van der Waals surface area contributed by atoms with E-state index in [0.29, 0.717) is 13.0 Å². The van der Waals surface area contributed by atoms with Crippen molar-refractivity contribution in [3.8, 4) is 0 Å². The van der Waals surface area contributed by atoms with E-state index < -0.39 is 6.03 Å². The highest BCUT2D eigenvalue weighted by molar-refractivity contribution is 7.13. The number of hydrogen-bond acceptors (Lipinski definition) is 5. The molecule has 0 aliphatic rings. The number of carbonyl (C=O) groups is 2. The number of nitrogens with zero attached hydrogens (tertiary/aromatic N) is 1.